The summed E-state index contributed by atoms with van der Waals surface area (Å²) in [6, 6.07) is 13.2. The molecule has 0 bridgehead atoms. The van der Waals surface area contributed by atoms with Crippen LogP contribution in [0.3, 0.4) is 0 Å². The van der Waals surface area contributed by atoms with Crippen LogP contribution < -0.4 is 0 Å². The van der Waals surface area contributed by atoms with E-state index in [9.17, 15) is 0 Å². The molecule has 0 saturated heterocycles. The minimum absolute atomic E-state index is 0.740. The molecule has 0 aliphatic rings. The molecule has 1 heterocycles. The summed E-state index contributed by atoms with van der Waals surface area (Å²) in [4.78, 5) is 15.2. The van der Waals surface area contributed by atoms with E-state index in [1.54, 1.807) is 0 Å². The summed E-state index contributed by atoms with van der Waals surface area (Å²) in [5.41, 5.74) is 14.1. The van der Waals surface area contributed by atoms with Crippen LogP contribution in [0, 0.1) is 62.3 Å². The second kappa shape index (κ2) is 8.55. The Morgan fingerprint density at radius 1 is 0.333 bits per heavy atom. The molecule has 3 heteroatoms. The highest BCUT2D eigenvalue weighted by Crippen LogP contribution is 2.34. The third-order valence-corrected chi connectivity index (χ3v) is 6.34. The number of aryl methyl sites for hydroxylation is 9. The van der Waals surface area contributed by atoms with Crippen molar-refractivity contribution >= 4 is 0 Å². The predicted molar refractivity (Wildman–Crippen MR) is 139 cm³/mol. The number of aromatic nitrogens is 3. The molecule has 33 heavy (non-hydrogen) atoms. The largest absolute Gasteiger partial charge is 0.208 e. The number of rotatable bonds is 3. The number of nitrogens with zero attached hydrogens (tertiary/aromatic N) is 3. The highest BCUT2D eigenvalue weighted by Gasteiger charge is 2.19. The fourth-order valence-electron chi connectivity index (χ4n) is 5.31. The van der Waals surface area contributed by atoms with Gasteiger partial charge in [-0.15, -0.1) is 0 Å². The summed E-state index contributed by atoms with van der Waals surface area (Å²) in [6.45, 7) is 19.2. The van der Waals surface area contributed by atoms with Crippen molar-refractivity contribution in [1.29, 1.82) is 0 Å². The van der Waals surface area contributed by atoms with Crippen LogP contribution in [-0.4, -0.2) is 15.0 Å². The van der Waals surface area contributed by atoms with E-state index in [0.717, 1.165) is 34.2 Å². The SMILES string of the molecule is Cc1cc(C)c(-c2nc(-c3c(C)cc(C)cc3C)nc(-c3c(C)cc(C)cc3C)n2)c(C)c1. The van der Waals surface area contributed by atoms with Crippen molar-refractivity contribution in [2.75, 3.05) is 0 Å². The molecule has 4 rings (SSSR count). The van der Waals surface area contributed by atoms with Gasteiger partial charge in [0.2, 0.25) is 0 Å². The molecule has 0 amide bonds. The number of hydrogen-bond acceptors (Lipinski definition) is 3. The average Bonchev–Trinajstić information content (AvgIpc) is 2.65. The molecule has 0 fully saturated rings. The monoisotopic (exact) mass is 435 g/mol. The molecule has 168 valence electrons. The van der Waals surface area contributed by atoms with Crippen molar-refractivity contribution in [3.63, 3.8) is 0 Å². The van der Waals surface area contributed by atoms with Crippen LogP contribution in [0.1, 0.15) is 50.1 Å². The topological polar surface area (TPSA) is 38.7 Å². The minimum atomic E-state index is 0.740. The van der Waals surface area contributed by atoms with E-state index in [0.29, 0.717) is 0 Å². The first-order chi connectivity index (χ1) is 15.5. The van der Waals surface area contributed by atoms with Gasteiger partial charge in [0.15, 0.2) is 17.5 Å². The lowest BCUT2D eigenvalue weighted by molar-refractivity contribution is 1.05. The fourth-order valence-corrected chi connectivity index (χ4v) is 5.31. The van der Waals surface area contributed by atoms with Crippen LogP contribution in [0.2, 0.25) is 0 Å². The molecule has 4 aromatic rings. The van der Waals surface area contributed by atoms with Crippen molar-refractivity contribution in [1.82, 2.24) is 15.0 Å². The van der Waals surface area contributed by atoms with Crippen molar-refractivity contribution in [2.24, 2.45) is 0 Å². The van der Waals surface area contributed by atoms with Crippen molar-refractivity contribution < 1.29 is 0 Å². The molecule has 0 atom stereocenters. The van der Waals surface area contributed by atoms with Crippen LogP contribution in [0.15, 0.2) is 36.4 Å². The maximum Gasteiger partial charge on any atom is 0.164 e. The molecule has 1 aromatic heterocycles. The van der Waals surface area contributed by atoms with Crippen LogP contribution in [-0.2, 0) is 0 Å². The Balaban J connectivity index is 2.08. The Bertz CT molecular complexity index is 1140. The molecule has 0 spiro atoms. The maximum atomic E-state index is 5.06. The van der Waals surface area contributed by atoms with Gasteiger partial charge in [-0.05, 0) is 95.7 Å². The van der Waals surface area contributed by atoms with E-state index in [1.165, 1.54) is 50.1 Å². The first-order valence-electron chi connectivity index (χ1n) is 11.6. The molecule has 0 N–H and O–H groups in total. The van der Waals surface area contributed by atoms with Gasteiger partial charge in [-0.2, -0.15) is 0 Å². The van der Waals surface area contributed by atoms with Gasteiger partial charge >= 0.3 is 0 Å². The van der Waals surface area contributed by atoms with E-state index >= 15 is 0 Å². The van der Waals surface area contributed by atoms with E-state index in [-0.39, 0.29) is 0 Å². The van der Waals surface area contributed by atoms with Crippen molar-refractivity contribution in [2.45, 2.75) is 62.3 Å². The Morgan fingerprint density at radius 3 is 0.697 bits per heavy atom. The summed E-state index contributed by atoms with van der Waals surface area (Å²) in [7, 11) is 0. The Labute approximate surface area is 198 Å². The van der Waals surface area contributed by atoms with Crippen LogP contribution in [0.5, 0.6) is 0 Å². The first-order valence-corrected chi connectivity index (χ1v) is 11.6. The van der Waals surface area contributed by atoms with Crippen molar-refractivity contribution in [3.05, 3.63) is 86.5 Å². The third-order valence-electron chi connectivity index (χ3n) is 6.34. The molecule has 0 radical (unpaired) electrons. The lowest BCUT2D eigenvalue weighted by atomic mass is 9.96. The van der Waals surface area contributed by atoms with Crippen LogP contribution in [0.4, 0.5) is 0 Å². The molecule has 3 aromatic carbocycles. The van der Waals surface area contributed by atoms with E-state index in [1.807, 2.05) is 0 Å². The van der Waals surface area contributed by atoms with Gasteiger partial charge in [-0.3, -0.25) is 0 Å². The average molecular weight is 436 g/mol. The molecule has 0 saturated carbocycles. The lowest BCUT2D eigenvalue weighted by Gasteiger charge is -2.17. The lowest BCUT2D eigenvalue weighted by Crippen LogP contribution is -2.05. The van der Waals surface area contributed by atoms with Gasteiger partial charge in [0.25, 0.3) is 0 Å². The van der Waals surface area contributed by atoms with Gasteiger partial charge in [0.1, 0.15) is 0 Å². The zero-order valence-electron chi connectivity index (χ0n) is 21.3. The first kappa shape index (κ1) is 22.8. The van der Waals surface area contributed by atoms with E-state index < -0.39 is 0 Å². The summed E-state index contributed by atoms with van der Waals surface area (Å²) in [5, 5.41) is 0. The second-order valence-corrected chi connectivity index (χ2v) is 9.63. The normalized spacial score (nSPS) is 11.2. The minimum Gasteiger partial charge on any atom is -0.208 e. The van der Waals surface area contributed by atoms with Gasteiger partial charge < -0.3 is 0 Å². The zero-order valence-corrected chi connectivity index (χ0v) is 21.3. The predicted octanol–water partition coefficient (Wildman–Crippen LogP) is 7.65. The fraction of sp³-hybridized carbons (Fsp3) is 0.300. The van der Waals surface area contributed by atoms with E-state index in [2.05, 4.69) is 98.7 Å². The molecular formula is C30H33N3. The molecule has 3 nitrogen and oxygen atoms in total. The quantitative estimate of drug-likeness (QED) is 0.332. The summed E-state index contributed by atoms with van der Waals surface area (Å²) in [5.74, 6) is 2.22. The molecule has 0 aliphatic carbocycles. The Hall–Kier alpha value is -3.33. The number of benzene rings is 3. The Kier molecular flexibility index (Phi) is 5.92. The van der Waals surface area contributed by atoms with Gasteiger partial charge in [-0.1, -0.05) is 53.1 Å². The van der Waals surface area contributed by atoms with Gasteiger partial charge in [0.05, 0.1) is 0 Å². The third kappa shape index (κ3) is 4.32. The van der Waals surface area contributed by atoms with E-state index in [4.69, 9.17) is 15.0 Å². The Morgan fingerprint density at radius 2 is 0.515 bits per heavy atom. The molecule has 0 aliphatic heterocycles. The molecule has 0 unspecified atom stereocenters. The standard InChI is InChI=1S/C30H33N3/c1-16-10-19(4)25(20(5)11-16)28-31-29(26-21(6)12-17(2)13-22(26)7)33-30(32-28)27-23(8)14-18(3)15-24(27)9/h10-15H,1-9H3. The van der Waals surface area contributed by atoms with Gasteiger partial charge in [-0.25, -0.2) is 15.0 Å². The zero-order chi connectivity index (χ0) is 24.0. The summed E-state index contributed by atoms with van der Waals surface area (Å²) in [6.07, 6.45) is 0. The van der Waals surface area contributed by atoms with Crippen LogP contribution >= 0.6 is 0 Å². The highest BCUT2D eigenvalue weighted by molar-refractivity contribution is 5.74. The highest BCUT2D eigenvalue weighted by atomic mass is 15.0. The van der Waals surface area contributed by atoms with Gasteiger partial charge in [0, 0.05) is 16.7 Å². The van der Waals surface area contributed by atoms with Crippen molar-refractivity contribution in [3.8, 4) is 34.2 Å². The van der Waals surface area contributed by atoms with Crippen LogP contribution in [0.25, 0.3) is 34.2 Å². The summed E-state index contributed by atoms with van der Waals surface area (Å²) >= 11 is 0. The number of hydrogen-bond donors (Lipinski definition) is 0. The smallest absolute Gasteiger partial charge is 0.164 e. The summed E-state index contributed by atoms with van der Waals surface area (Å²) < 4.78 is 0. The maximum absolute atomic E-state index is 5.06. The second-order valence-electron chi connectivity index (χ2n) is 9.63. The molecular weight excluding hydrogens is 402 g/mol.